The van der Waals surface area contributed by atoms with Gasteiger partial charge < -0.3 is 9.84 Å². The van der Waals surface area contributed by atoms with E-state index in [2.05, 4.69) is 28.2 Å². The molecule has 0 amide bonds. The van der Waals surface area contributed by atoms with Crippen molar-refractivity contribution in [2.45, 2.75) is 10.3 Å². The van der Waals surface area contributed by atoms with Crippen molar-refractivity contribution in [3.63, 3.8) is 0 Å². The van der Waals surface area contributed by atoms with E-state index in [-0.39, 0.29) is 4.05 Å². The second-order valence-electron chi connectivity index (χ2n) is 3.04. The van der Waals surface area contributed by atoms with Crippen LogP contribution in [0, 0.1) is 0 Å². The standard InChI is InChI=1S/C9H11IN2O3/c1-14-7-4-2-6(3-5-7)12-8(10)9(13)15-11-12/h2-5,8-9,11,13H,1H3. The number of rotatable bonds is 2. The van der Waals surface area contributed by atoms with Crippen molar-refractivity contribution in [2.24, 2.45) is 0 Å². The third kappa shape index (κ3) is 2.17. The number of ether oxygens (including phenoxy) is 1. The molecule has 2 rings (SSSR count). The highest BCUT2D eigenvalue weighted by molar-refractivity contribution is 14.1. The maximum absolute atomic E-state index is 9.37. The Morgan fingerprint density at radius 1 is 1.47 bits per heavy atom. The monoisotopic (exact) mass is 322 g/mol. The van der Waals surface area contributed by atoms with Gasteiger partial charge in [-0.05, 0) is 24.3 Å². The van der Waals surface area contributed by atoms with Crippen LogP contribution in [-0.2, 0) is 4.84 Å². The second kappa shape index (κ2) is 4.52. The van der Waals surface area contributed by atoms with Gasteiger partial charge in [0.25, 0.3) is 0 Å². The lowest BCUT2D eigenvalue weighted by atomic mass is 10.3. The van der Waals surface area contributed by atoms with Gasteiger partial charge in [0.15, 0.2) is 4.05 Å². The molecule has 1 saturated heterocycles. The van der Waals surface area contributed by atoms with Gasteiger partial charge in [0.05, 0.1) is 12.8 Å². The summed E-state index contributed by atoms with van der Waals surface area (Å²) in [5, 5.41) is 11.1. The maximum atomic E-state index is 9.37. The Kier molecular flexibility index (Phi) is 3.29. The lowest BCUT2D eigenvalue weighted by molar-refractivity contribution is -0.0967. The molecule has 2 atom stereocenters. The van der Waals surface area contributed by atoms with Crippen molar-refractivity contribution in [3.05, 3.63) is 24.3 Å². The zero-order valence-electron chi connectivity index (χ0n) is 8.05. The zero-order valence-corrected chi connectivity index (χ0v) is 10.2. The lowest BCUT2D eigenvalue weighted by Crippen LogP contribution is -2.35. The normalized spacial score (nSPS) is 25.7. The Labute approximate surface area is 101 Å². The Morgan fingerprint density at radius 2 is 2.13 bits per heavy atom. The molecule has 0 saturated carbocycles. The van der Waals surface area contributed by atoms with Crippen LogP contribution in [0.1, 0.15) is 0 Å². The summed E-state index contributed by atoms with van der Waals surface area (Å²) in [5.41, 5.74) is 3.55. The Bertz CT molecular complexity index is 333. The minimum Gasteiger partial charge on any atom is -0.497 e. The van der Waals surface area contributed by atoms with Crippen molar-refractivity contribution in [1.29, 1.82) is 0 Å². The topological polar surface area (TPSA) is 54.0 Å². The molecule has 1 fully saturated rings. The Balaban J connectivity index is 2.16. The molecular formula is C9H11IN2O3. The molecule has 82 valence electrons. The minimum absolute atomic E-state index is 0.156. The predicted molar refractivity (Wildman–Crippen MR) is 63.5 cm³/mol. The summed E-state index contributed by atoms with van der Waals surface area (Å²) in [6.07, 6.45) is -0.826. The summed E-state index contributed by atoms with van der Waals surface area (Å²) in [6, 6.07) is 7.48. The number of hydrogen-bond donors (Lipinski definition) is 2. The average Bonchev–Trinajstić information content (AvgIpc) is 2.60. The molecule has 1 aromatic carbocycles. The summed E-state index contributed by atoms with van der Waals surface area (Å²) >= 11 is 2.10. The SMILES string of the molecule is COc1ccc(N2NOC(O)C2I)cc1. The van der Waals surface area contributed by atoms with E-state index in [4.69, 9.17) is 9.57 Å². The van der Waals surface area contributed by atoms with Gasteiger partial charge in [-0.2, -0.15) is 0 Å². The number of aliphatic hydroxyl groups excluding tert-OH is 1. The van der Waals surface area contributed by atoms with Crippen LogP contribution in [-0.4, -0.2) is 22.6 Å². The number of methoxy groups -OCH3 is 1. The molecule has 0 aromatic heterocycles. The number of anilines is 1. The van der Waals surface area contributed by atoms with E-state index >= 15 is 0 Å². The van der Waals surface area contributed by atoms with Crippen LogP contribution >= 0.6 is 22.6 Å². The highest BCUT2D eigenvalue weighted by atomic mass is 127. The van der Waals surface area contributed by atoms with Gasteiger partial charge in [-0.25, -0.2) is 4.84 Å². The van der Waals surface area contributed by atoms with Crippen LogP contribution in [0.15, 0.2) is 24.3 Å². The number of halogens is 1. The quantitative estimate of drug-likeness (QED) is 0.484. The van der Waals surface area contributed by atoms with E-state index < -0.39 is 6.29 Å². The van der Waals surface area contributed by atoms with Gasteiger partial charge in [0, 0.05) is 0 Å². The fraction of sp³-hybridized carbons (Fsp3) is 0.333. The number of nitrogens with one attached hydrogen (secondary N) is 1. The molecule has 1 heterocycles. The highest BCUT2D eigenvalue weighted by Gasteiger charge is 2.32. The number of hydrazine groups is 1. The van der Waals surface area contributed by atoms with Crippen molar-refractivity contribution in [3.8, 4) is 5.75 Å². The van der Waals surface area contributed by atoms with Gasteiger partial charge in [0.2, 0.25) is 6.29 Å². The number of aliphatic hydroxyl groups is 1. The summed E-state index contributed by atoms with van der Waals surface area (Å²) in [4.78, 5) is 4.88. The summed E-state index contributed by atoms with van der Waals surface area (Å²) in [7, 11) is 1.62. The van der Waals surface area contributed by atoms with E-state index in [0.29, 0.717) is 0 Å². The molecule has 0 bridgehead atoms. The van der Waals surface area contributed by atoms with Crippen LogP contribution in [0.2, 0.25) is 0 Å². The first-order chi connectivity index (χ1) is 7.22. The van der Waals surface area contributed by atoms with Gasteiger partial charge in [-0.3, -0.25) is 5.01 Å². The third-order valence-corrected chi connectivity index (χ3v) is 3.28. The molecule has 1 aliphatic rings. The van der Waals surface area contributed by atoms with E-state index in [9.17, 15) is 5.11 Å². The van der Waals surface area contributed by atoms with Crippen LogP contribution in [0.5, 0.6) is 5.75 Å². The van der Waals surface area contributed by atoms with Crippen LogP contribution in [0.4, 0.5) is 5.69 Å². The van der Waals surface area contributed by atoms with Crippen LogP contribution in [0.25, 0.3) is 0 Å². The number of nitrogens with zero attached hydrogens (tertiary/aromatic N) is 1. The predicted octanol–water partition coefficient (Wildman–Crippen LogP) is 1.03. The maximum Gasteiger partial charge on any atom is 0.208 e. The van der Waals surface area contributed by atoms with Crippen LogP contribution in [0.3, 0.4) is 0 Å². The molecular weight excluding hydrogens is 311 g/mol. The van der Waals surface area contributed by atoms with Crippen LogP contribution < -0.4 is 15.3 Å². The highest BCUT2D eigenvalue weighted by Crippen LogP contribution is 2.26. The molecule has 2 unspecified atom stereocenters. The summed E-state index contributed by atoms with van der Waals surface area (Å²) in [5.74, 6) is 0.796. The number of benzene rings is 1. The molecule has 1 aromatic rings. The first-order valence-corrected chi connectivity index (χ1v) is 5.63. The number of hydrogen-bond acceptors (Lipinski definition) is 5. The van der Waals surface area contributed by atoms with Gasteiger partial charge >= 0.3 is 0 Å². The third-order valence-electron chi connectivity index (χ3n) is 2.10. The number of alkyl halides is 1. The van der Waals surface area contributed by atoms with Gasteiger partial charge in [0.1, 0.15) is 5.75 Å². The van der Waals surface area contributed by atoms with Gasteiger partial charge in [-0.15, -0.1) is 5.59 Å². The summed E-state index contributed by atoms with van der Waals surface area (Å²) < 4.78 is 4.90. The fourth-order valence-electron chi connectivity index (χ4n) is 1.28. The largest absolute Gasteiger partial charge is 0.497 e. The lowest BCUT2D eigenvalue weighted by Gasteiger charge is -2.19. The minimum atomic E-state index is -0.826. The molecule has 15 heavy (non-hydrogen) atoms. The summed E-state index contributed by atoms with van der Waals surface area (Å²) in [6.45, 7) is 0. The van der Waals surface area contributed by atoms with Crippen molar-refractivity contribution in [2.75, 3.05) is 12.1 Å². The van der Waals surface area contributed by atoms with E-state index in [1.54, 1.807) is 12.1 Å². The smallest absolute Gasteiger partial charge is 0.208 e. The van der Waals surface area contributed by atoms with Crippen molar-refractivity contribution < 1.29 is 14.7 Å². The molecule has 2 N–H and O–H groups in total. The molecule has 0 radical (unpaired) electrons. The van der Waals surface area contributed by atoms with E-state index in [1.807, 2.05) is 24.3 Å². The van der Waals surface area contributed by atoms with Crippen molar-refractivity contribution in [1.82, 2.24) is 5.59 Å². The molecule has 5 nitrogen and oxygen atoms in total. The fourth-order valence-corrected chi connectivity index (χ4v) is 1.86. The first kappa shape index (κ1) is 10.9. The molecule has 1 aliphatic heterocycles. The Hall–Kier alpha value is -0.570. The first-order valence-electron chi connectivity index (χ1n) is 4.39. The zero-order chi connectivity index (χ0) is 10.8. The second-order valence-corrected chi connectivity index (χ2v) is 4.32. The molecule has 0 aliphatic carbocycles. The Morgan fingerprint density at radius 3 is 2.60 bits per heavy atom. The van der Waals surface area contributed by atoms with E-state index in [1.165, 1.54) is 0 Å². The van der Waals surface area contributed by atoms with E-state index in [0.717, 1.165) is 11.4 Å². The average molecular weight is 322 g/mol. The molecule has 0 spiro atoms. The van der Waals surface area contributed by atoms with Crippen molar-refractivity contribution >= 4 is 28.3 Å². The molecule has 6 heteroatoms. The van der Waals surface area contributed by atoms with Gasteiger partial charge in [-0.1, -0.05) is 22.6 Å².